The van der Waals surface area contributed by atoms with Gasteiger partial charge in [-0.2, -0.15) is 0 Å². The summed E-state index contributed by atoms with van der Waals surface area (Å²) in [5.74, 6) is -0.178. The lowest BCUT2D eigenvalue weighted by molar-refractivity contribution is 1.42. The molecule has 0 saturated heterocycles. The molecule has 12 N–H and O–H groups in total. The minimum Gasteiger partial charge on any atom is -0.398 e. The van der Waals surface area contributed by atoms with Crippen molar-refractivity contribution in [2.75, 3.05) is 35.3 Å². The van der Waals surface area contributed by atoms with Gasteiger partial charge in [0, 0.05) is 41.0 Å². The first-order valence-corrected chi connectivity index (χ1v) is 6.25. The molecular weight excluding hydrogens is 266 g/mol. The summed E-state index contributed by atoms with van der Waals surface area (Å²) in [6.45, 7) is 0. The standard InChI is InChI=1S/C14H19N7/c1-21-7-4-10(17)12(11(18)5-7)6-2-8(15)13(14(19)20)9(16)3-6/h2-5,21H,15-18H2,1H3,(H3,19,20). The molecule has 2 rings (SSSR count). The van der Waals surface area contributed by atoms with Gasteiger partial charge in [-0.3, -0.25) is 5.41 Å². The molecule has 110 valence electrons. The van der Waals surface area contributed by atoms with Crippen LogP contribution in [0.15, 0.2) is 24.3 Å². The summed E-state index contributed by atoms with van der Waals surface area (Å²) in [6, 6.07) is 6.87. The van der Waals surface area contributed by atoms with Gasteiger partial charge in [0.05, 0.1) is 5.56 Å². The largest absolute Gasteiger partial charge is 0.398 e. The summed E-state index contributed by atoms with van der Waals surface area (Å²) < 4.78 is 0. The maximum Gasteiger partial charge on any atom is 0.127 e. The van der Waals surface area contributed by atoms with E-state index in [1.807, 2.05) is 0 Å². The van der Waals surface area contributed by atoms with E-state index >= 15 is 0 Å². The molecule has 7 heteroatoms. The molecule has 21 heavy (non-hydrogen) atoms. The molecule has 2 aromatic rings. The summed E-state index contributed by atoms with van der Waals surface area (Å²) in [4.78, 5) is 0. The average molecular weight is 285 g/mol. The first-order valence-electron chi connectivity index (χ1n) is 6.25. The van der Waals surface area contributed by atoms with E-state index in [2.05, 4.69) is 5.32 Å². The van der Waals surface area contributed by atoms with Gasteiger partial charge in [0.15, 0.2) is 0 Å². The Morgan fingerprint density at radius 3 is 1.76 bits per heavy atom. The van der Waals surface area contributed by atoms with Gasteiger partial charge in [-0.1, -0.05) is 0 Å². The minimum absolute atomic E-state index is 0.178. The molecule has 0 radical (unpaired) electrons. The lowest BCUT2D eigenvalue weighted by atomic mass is 9.97. The van der Waals surface area contributed by atoms with Crippen molar-refractivity contribution in [2.24, 2.45) is 5.73 Å². The molecule has 0 aliphatic carbocycles. The molecule has 2 aromatic carbocycles. The minimum atomic E-state index is -0.178. The van der Waals surface area contributed by atoms with Gasteiger partial charge in [-0.25, -0.2) is 0 Å². The fourth-order valence-corrected chi connectivity index (χ4v) is 2.31. The molecule has 0 heterocycles. The molecule has 7 nitrogen and oxygen atoms in total. The number of benzene rings is 2. The Hall–Kier alpha value is -3.09. The molecule has 0 atom stereocenters. The van der Waals surface area contributed by atoms with Crippen LogP contribution in [0.25, 0.3) is 11.1 Å². The number of rotatable bonds is 3. The van der Waals surface area contributed by atoms with Crippen molar-refractivity contribution in [3.63, 3.8) is 0 Å². The van der Waals surface area contributed by atoms with Gasteiger partial charge in [0.25, 0.3) is 0 Å². The maximum atomic E-state index is 7.49. The van der Waals surface area contributed by atoms with Gasteiger partial charge in [-0.15, -0.1) is 0 Å². The average Bonchev–Trinajstić information content (AvgIpc) is 2.36. The van der Waals surface area contributed by atoms with Crippen LogP contribution in [0.4, 0.5) is 28.4 Å². The molecule has 0 fully saturated rings. The fraction of sp³-hybridized carbons (Fsp3) is 0.0714. The number of hydrogen-bond acceptors (Lipinski definition) is 6. The van der Waals surface area contributed by atoms with Crippen LogP contribution in [-0.4, -0.2) is 12.9 Å². The summed E-state index contributed by atoms with van der Waals surface area (Å²) in [6.07, 6.45) is 0. The van der Waals surface area contributed by atoms with Crippen LogP contribution >= 0.6 is 0 Å². The lowest BCUT2D eigenvalue weighted by Crippen LogP contribution is -2.16. The number of hydrogen-bond donors (Lipinski definition) is 7. The first kappa shape index (κ1) is 14.3. The van der Waals surface area contributed by atoms with Gasteiger partial charge >= 0.3 is 0 Å². The van der Waals surface area contributed by atoms with Crippen molar-refractivity contribution in [1.29, 1.82) is 5.41 Å². The van der Waals surface area contributed by atoms with E-state index < -0.39 is 0 Å². The zero-order valence-corrected chi connectivity index (χ0v) is 11.7. The van der Waals surface area contributed by atoms with Crippen LogP contribution in [0, 0.1) is 5.41 Å². The highest BCUT2D eigenvalue weighted by atomic mass is 14.8. The van der Waals surface area contributed by atoms with Crippen LogP contribution in [0.2, 0.25) is 0 Å². The molecule has 0 bridgehead atoms. The van der Waals surface area contributed by atoms with Crippen LogP contribution < -0.4 is 34.0 Å². The maximum absolute atomic E-state index is 7.49. The Morgan fingerprint density at radius 1 is 0.905 bits per heavy atom. The molecule has 0 aliphatic rings. The monoisotopic (exact) mass is 285 g/mol. The summed E-state index contributed by atoms with van der Waals surface area (Å²) in [5.41, 5.74) is 33.6. The normalized spacial score (nSPS) is 10.3. The number of nitrogens with one attached hydrogen (secondary N) is 2. The van der Waals surface area contributed by atoms with Crippen molar-refractivity contribution in [3.05, 3.63) is 29.8 Å². The van der Waals surface area contributed by atoms with Gasteiger partial charge < -0.3 is 34.0 Å². The molecule has 0 unspecified atom stereocenters. The van der Waals surface area contributed by atoms with Crippen molar-refractivity contribution in [2.45, 2.75) is 0 Å². The zero-order valence-electron chi connectivity index (χ0n) is 11.7. The molecule has 0 aromatic heterocycles. The predicted molar refractivity (Wildman–Crippen MR) is 90.1 cm³/mol. The Bertz CT molecular complexity index is 675. The predicted octanol–water partition coefficient (Wildman–Crippen LogP) is 1.01. The van der Waals surface area contributed by atoms with Gasteiger partial charge in [0.2, 0.25) is 0 Å². The fourth-order valence-electron chi connectivity index (χ4n) is 2.31. The Kier molecular flexibility index (Phi) is 3.49. The van der Waals surface area contributed by atoms with E-state index in [1.165, 1.54) is 0 Å². The number of amidine groups is 1. The smallest absolute Gasteiger partial charge is 0.127 e. The molecule has 0 saturated carbocycles. The van der Waals surface area contributed by atoms with Crippen LogP contribution in [0.3, 0.4) is 0 Å². The van der Waals surface area contributed by atoms with E-state index in [-0.39, 0.29) is 5.84 Å². The van der Waals surface area contributed by atoms with Crippen LogP contribution in [-0.2, 0) is 0 Å². The number of nitrogens with two attached hydrogens (primary N) is 5. The second-order valence-electron chi connectivity index (χ2n) is 4.72. The second-order valence-corrected chi connectivity index (χ2v) is 4.72. The van der Waals surface area contributed by atoms with E-state index in [1.54, 1.807) is 31.3 Å². The zero-order chi connectivity index (χ0) is 15.7. The van der Waals surface area contributed by atoms with Crippen molar-refractivity contribution < 1.29 is 0 Å². The van der Waals surface area contributed by atoms with Gasteiger partial charge in [-0.05, 0) is 29.8 Å². The number of nitrogen functional groups attached to an aromatic ring is 5. The van der Waals surface area contributed by atoms with E-state index in [0.717, 1.165) is 5.69 Å². The third-order valence-corrected chi connectivity index (χ3v) is 3.25. The van der Waals surface area contributed by atoms with Gasteiger partial charge in [0.1, 0.15) is 5.84 Å². The molecule has 0 aliphatic heterocycles. The van der Waals surface area contributed by atoms with Crippen LogP contribution in [0.5, 0.6) is 0 Å². The van der Waals surface area contributed by atoms with Crippen molar-refractivity contribution >= 4 is 34.3 Å². The summed E-state index contributed by atoms with van der Waals surface area (Å²) >= 11 is 0. The highest BCUT2D eigenvalue weighted by Crippen LogP contribution is 2.37. The first-order chi connectivity index (χ1) is 9.85. The Morgan fingerprint density at radius 2 is 1.38 bits per heavy atom. The van der Waals surface area contributed by atoms with Crippen LogP contribution in [0.1, 0.15) is 5.56 Å². The lowest BCUT2D eigenvalue weighted by Gasteiger charge is -2.15. The van der Waals surface area contributed by atoms with E-state index in [9.17, 15) is 0 Å². The molecule has 0 amide bonds. The SMILES string of the molecule is CNc1cc(N)c(-c2cc(N)c(C(=N)N)c(N)c2)c(N)c1. The van der Waals surface area contributed by atoms with Crippen molar-refractivity contribution in [3.8, 4) is 11.1 Å². The van der Waals surface area contributed by atoms with E-state index in [4.69, 9.17) is 34.1 Å². The highest BCUT2D eigenvalue weighted by Gasteiger charge is 2.14. The van der Waals surface area contributed by atoms with Crippen molar-refractivity contribution in [1.82, 2.24) is 0 Å². The highest BCUT2D eigenvalue weighted by molar-refractivity contribution is 6.06. The molecular formula is C14H19N7. The summed E-state index contributed by atoms with van der Waals surface area (Å²) in [7, 11) is 1.78. The third kappa shape index (κ3) is 2.48. The third-order valence-electron chi connectivity index (χ3n) is 3.25. The summed E-state index contributed by atoms with van der Waals surface area (Å²) in [5, 5.41) is 10.5. The van der Waals surface area contributed by atoms with E-state index in [0.29, 0.717) is 39.4 Å². The Labute approximate surface area is 122 Å². The Balaban J connectivity index is 2.66. The number of anilines is 5. The topological polar surface area (TPSA) is 166 Å². The quantitative estimate of drug-likeness (QED) is 0.252. The molecule has 0 spiro atoms. The second kappa shape index (κ2) is 5.12.